The van der Waals surface area contributed by atoms with Gasteiger partial charge in [0.15, 0.2) is 30.9 Å². The highest BCUT2D eigenvalue weighted by Gasteiger charge is 2.57. The predicted octanol–water partition coefficient (Wildman–Crippen LogP) is 9.61. The van der Waals surface area contributed by atoms with Crippen LogP contribution in [0.2, 0.25) is 0 Å². The quantitative estimate of drug-likeness (QED) is 0.0239. The summed E-state index contributed by atoms with van der Waals surface area (Å²) < 4.78 is 73.2. The average Bonchev–Trinajstić information content (AvgIpc) is 3.39. The van der Waals surface area contributed by atoms with Gasteiger partial charge >= 0.3 is 17.9 Å². The number of esters is 3. The number of Topliss-reactive ketones (excluding diaryl/α,β-unsaturated/α-hetero) is 1. The van der Waals surface area contributed by atoms with Crippen LogP contribution < -0.4 is 0 Å². The first-order valence-electron chi connectivity index (χ1n) is 25.8. The molecule has 0 unspecified atom stereocenters. The van der Waals surface area contributed by atoms with Crippen LogP contribution in [0.1, 0.15) is 96.4 Å². The van der Waals surface area contributed by atoms with E-state index in [0.29, 0.717) is 12.8 Å². The molecule has 4 aromatic rings. The van der Waals surface area contributed by atoms with Gasteiger partial charge in [0.2, 0.25) is 0 Å². The Morgan fingerprint density at radius 1 is 0.507 bits per heavy atom. The van der Waals surface area contributed by atoms with Crippen LogP contribution in [0.5, 0.6) is 0 Å². The molecule has 2 aliphatic rings. The van der Waals surface area contributed by atoms with Gasteiger partial charge in [0.1, 0.15) is 36.3 Å². The monoisotopic (exact) mass is 1040 g/mol. The summed E-state index contributed by atoms with van der Waals surface area (Å²) >= 11 is 0. The predicted molar refractivity (Wildman–Crippen MR) is 278 cm³/mol. The number of hydrogen-bond donors (Lipinski definition) is 0. The lowest BCUT2D eigenvalue weighted by Gasteiger charge is -2.50. The lowest BCUT2D eigenvalue weighted by Crippen LogP contribution is -2.67. The third kappa shape index (κ3) is 18.6. The van der Waals surface area contributed by atoms with Crippen molar-refractivity contribution >= 4 is 23.7 Å². The minimum Gasteiger partial charge on any atom is -0.457 e. The smallest absolute Gasteiger partial charge is 0.311 e. The maximum Gasteiger partial charge on any atom is 0.311 e. The van der Waals surface area contributed by atoms with Gasteiger partial charge in [0.05, 0.1) is 63.5 Å². The fourth-order valence-corrected chi connectivity index (χ4v) is 8.14. The number of hydrogen-bond acceptors (Lipinski definition) is 15. The number of ether oxygens (including phenoxy) is 11. The first-order chi connectivity index (χ1) is 36.0. The van der Waals surface area contributed by atoms with Crippen molar-refractivity contribution in [3.8, 4) is 0 Å². The molecular weight excluding hydrogens is 961 g/mol. The molecule has 2 aliphatic heterocycles. The molecule has 0 bridgehead atoms. The summed E-state index contributed by atoms with van der Waals surface area (Å²) in [5.74, 6) is -2.09. The van der Waals surface area contributed by atoms with Crippen molar-refractivity contribution in [2.75, 3.05) is 19.8 Å². The third-order valence-corrected chi connectivity index (χ3v) is 12.3. The van der Waals surface area contributed by atoms with E-state index in [1.165, 1.54) is 6.92 Å². The summed E-state index contributed by atoms with van der Waals surface area (Å²) in [4.78, 5) is 54.4. The number of rotatable bonds is 27. The molecule has 75 heavy (non-hydrogen) atoms. The largest absolute Gasteiger partial charge is 0.457 e. The lowest BCUT2D eigenvalue weighted by atomic mass is 9.94. The Kier molecular flexibility index (Phi) is 22.7. The van der Waals surface area contributed by atoms with E-state index in [1.807, 2.05) is 121 Å². The van der Waals surface area contributed by atoms with Crippen LogP contribution in [0.15, 0.2) is 134 Å². The van der Waals surface area contributed by atoms with Crippen LogP contribution in [-0.2, 0) is 97.7 Å². The second kappa shape index (κ2) is 29.0. The van der Waals surface area contributed by atoms with E-state index in [9.17, 15) is 19.2 Å². The van der Waals surface area contributed by atoms with Gasteiger partial charge in [0.25, 0.3) is 0 Å². The molecule has 10 atom stereocenters. The average molecular weight is 1040 g/mol. The molecule has 0 radical (unpaired) electrons. The van der Waals surface area contributed by atoms with E-state index in [1.54, 1.807) is 47.6 Å². The molecule has 6 rings (SSSR count). The van der Waals surface area contributed by atoms with Crippen LogP contribution in [0, 0.1) is 10.8 Å². The zero-order chi connectivity index (χ0) is 53.8. The standard InChI is InChI=1S/C60H76O15/c1-9-10-23-34-67-55-53(74-57(63)59(3,4)5)52(69-38-45-30-21-14-22-31-45)50(47(70-55)40-66-36-43-26-17-12-18-27-43)73-56-54(75-58(64)60(6,7)8)51(68-37-44-28-19-13-20-29-44)49(72-48(62)33-32-41(2)61)46(71-56)39-65-35-42-24-15-11-16-25-42/h9,11-22,24-31,46-47,49-56H,1,10,23,32-40H2,2-8H3/t46-,47-,49+,50-,51+,52+,53-,54-,55-,56+/m1/s1. The lowest BCUT2D eigenvalue weighted by molar-refractivity contribution is -0.369. The van der Waals surface area contributed by atoms with Crippen molar-refractivity contribution in [2.45, 2.75) is 162 Å². The van der Waals surface area contributed by atoms with Crippen molar-refractivity contribution in [3.63, 3.8) is 0 Å². The van der Waals surface area contributed by atoms with E-state index >= 15 is 0 Å². The van der Waals surface area contributed by atoms with Gasteiger partial charge < -0.3 is 56.9 Å². The third-order valence-electron chi connectivity index (χ3n) is 12.3. The molecule has 0 amide bonds. The summed E-state index contributed by atoms with van der Waals surface area (Å²) in [6.45, 7) is 16.0. The summed E-state index contributed by atoms with van der Waals surface area (Å²) in [5, 5.41) is 0. The highest BCUT2D eigenvalue weighted by Crippen LogP contribution is 2.38. The number of ketones is 1. The van der Waals surface area contributed by atoms with Crippen molar-refractivity contribution in [1.82, 2.24) is 0 Å². The second-order valence-electron chi connectivity index (χ2n) is 20.9. The van der Waals surface area contributed by atoms with E-state index in [2.05, 4.69) is 6.58 Å². The maximum atomic E-state index is 14.3. The van der Waals surface area contributed by atoms with Crippen molar-refractivity contribution < 1.29 is 71.3 Å². The summed E-state index contributed by atoms with van der Waals surface area (Å²) in [6.07, 6.45) is -9.65. The topological polar surface area (TPSA) is 170 Å². The minimum atomic E-state index is -1.52. The highest BCUT2D eigenvalue weighted by atomic mass is 16.8. The van der Waals surface area contributed by atoms with E-state index in [4.69, 9.17) is 52.1 Å². The minimum absolute atomic E-state index is 0.0120. The van der Waals surface area contributed by atoms with E-state index in [-0.39, 0.29) is 64.9 Å². The molecule has 0 aliphatic carbocycles. The van der Waals surface area contributed by atoms with E-state index < -0.39 is 90.1 Å². The molecule has 406 valence electrons. The van der Waals surface area contributed by atoms with Crippen LogP contribution in [0.3, 0.4) is 0 Å². The van der Waals surface area contributed by atoms with Gasteiger partial charge in [-0.2, -0.15) is 0 Å². The Balaban J connectivity index is 1.49. The first-order valence-corrected chi connectivity index (χ1v) is 25.8. The summed E-state index contributed by atoms with van der Waals surface area (Å²) in [6, 6.07) is 38.0. The number of benzene rings is 4. The zero-order valence-electron chi connectivity index (χ0n) is 44.5. The maximum absolute atomic E-state index is 14.3. The molecule has 0 spiro atoms. The fraction of sp³-hybridized carbons (Fsp3) is 0.500. The van der Waals surface area contributed by atoms with Crippen molar-refractivity contribution in [2.24, 2.45) is 10.8 Å². The molecule has 0 N–H and O–H groups in total. The number of allylic oxidation sites excluding steroid dienone is 1. The van der Waals surface area contributed by atoms with Gasteiger partial charge in [-0.15, -0.1) is 6.58 Å². The SMILES string of the molecule is C=CCCCO[C@@H]1O[C@H](COCc2ccccc2)[C@@H](O[C@@H]2O[C@H](COCc3ccccc3)[C@H](OC(=O)CCC(C)=O)[C@H](OCc3ccccc3)[C@H]2OC(=O)C(C)(C)C)[C@H](OCc2ccccc2)[C@H]1OC(=O)C(C)(C)C. The van der Waals surface area contributed by atoms with Gasteiger partial charge in [-0.3, -0.25) is 14.4 Å². The molecule has 2 saturated heterocycles. The molecule has 2 heterocycles. The molecule has 15 heteroatoms. The Morgan fingerprint density at radius 2 is 0.920 bits per heavy atom. The Hall–Kier alpha value is -5.62. The Morgan fingerprint density at radius 3 is 1.36 bits per heavy atom. The van der Waals surface area contributed by atoms with Crippen LogP contribution in [0.25, 0.3) is 0 Å². The molecule has 4 aromatic carbocycles. The van der Waals surface area contributed by atoms with Gasteiger partial charge in [-0.25, -0.2) is 0 Å². The second-order valence-corrected chi connectivity index (χ2v) is 20.9. The van der Waals surface area contributed by atoms with Gasteiger partial charge in [-0.05, 0) is 83.6 Å². The Bertz CT molecular complexity index is 2350. The van der Waals surface area contributed by atoms with Crippen molar-refractivity contribution in [3.05, 3.63) is 156 Å². The molecule has 2 fully saturated rings. The van der Waals surface area contributed by atoms with Crippen LogP contribution >= 0.6 is 0 Å². The molecule has 0 aromatic heterocycles. The molecule has 15 nitrogen and oxygen atoms in total. The van der Waals surface area contributed by atoms with Crippen molar-refractivity contribution in [1.29, 1.82) is 0 Å². The molecular formula is C60H76O15. The normalized spacial score (nSPS) is 23.9. The number of unbranched alkanes of at least 4 members (excludes halogenated alkanes) is 1. The van der Waals surface area contributed by atoms with Crippen LogP contribution in [-0.4, -0.2) is 105 Å². The van der Waals surface area contributed by atoms with Gasteiger partial charge in [0, 0.05) is 6.42 Å². The van der Waals surface area contributed by atoms with E-state index in [0.717, 1.165) is 22.3 Å². The van der Waals surface area contributed by atoms with Gasteiger partial charge in [-0.1, -0.05) is 127 Å². The first kappa shape index (κ1) is 58.6. The fourth-order valence-electron chi connectivity index (χ4n) is 8.14. The Labute approximate surface area is 442 Å². The summed E-state index contributed by atoms with van der Waals surface area (Å²) in [5.41, 5.74) is 1.35. The highest BCUT2D eigenvalue weighted by molar-refractivity contribution is 5.81. The number of carbonyl (C=O) groups excluding carboxylic acids is 4. The molecule has 0 saturated carbocycles. The number of carbonyl (C=O) groups is 4. The zero-order valence-corrected chi connectivity index (χ0v) is 44.5. The summed E-state index contributed by atoms with van der Waals surface area (Å²) in [7, 11) is 0. The van der Waals surface area contributed by atoms with Crippen LogP contribution in [0.4, 0.5) is 0 Å².